The number of hydrogen-bond acceptors (Lipinski definition) is 2. The summed E-state index contributed by atoms with van der Waals surface area (Å²) in [7, 11) is 0. The number of hydrogen-bond donors (Lipinski definition) is 1. The van der Waals surface area contributed by atoms with Crippen molar-refractivity contribution in [2.24, 2.45) is 0 Å². The molecule has 0 aliphatic rings. The van der Waals surface area contributed by atoms with Crippen molar-refractivity contribution in [3.8, 4) is 5.75 Å². The standard InChI is InChI=1S/C20H13F3O3/c21-15-11-14(20(24)25)16(22)19(17(15)23)26-18(12-7-3-1-4-8-12)13-9-5-2-6-10-13/h1-11,18H,(H,24,25). The zero-order valence-electron chi connectivity index (χ0n) is 13.3. The molecule has 132 valence electrons. The van der Waals surface area contributed by atoms with E-state index < -0.39 is 40.8 Å². The lowest BCUT2D eigenvalue weighted by atomic mass is 10.0. The maximum Gasteiger partial charge on any atom is 0.338 e. The summed E-state index contributed by atoms with van der Waals surface area (Å²) in [6.45, 7) is 0. The van der Waals surface area contributed by atoms with E-state index in [9.17, 15) is 18.0 Å². The summed E-state index contributed by atoms with van der Waals surface area (Å²) in [5.41, 5.74) is 0.135. The lowest BCUT2D eigenvalue weighted by Gasteiger charge is -2.21. The largest absolute Gasteiger partial charge is 0.478 e. The highest BCUT2D eigenvalue weighted by Crippen LogP contribution is 2.34. The number of carbonyl (C=O) groups is 1. The number of benzene rings is 3. The molecule has 3 aromatic rings. The maximum absolute atomic E-state index is 14.4. The topological polar surface area (TPSA) is 46.5 Å². The van der Waals surface area contributed by atoms with Gasteiger partial charge in [-0.1, -0.05) is 60.7 Å². The molecule has 0 aliphatic carbocycles. The maximum atomic E-state index is 14.4. The van der Waals surface area contributed by atoms with Crippen molar-refractivity contribution in [1.82, 2.24) is 0 Å². The zero-order valence-corrected chi connectivity index (χ0v) is 13.3. The lowest BCUT2D eigenvalue weighted by molar-refractivity contribution is 0.0689. The second-order valence-electron chi connectivity index (χ2n) is 5.49. The van der Waals surface area contributed by atoms with Crippen LogP contribution >= 0.6 is 0 Å². The first kappa shape index (κ1) is 17.5. The molecule has 0 fully saturated rings. The highest BCUT2D eigenvalue weighted by molar-refractivity contribution is 5.88. The van der Waals surface area contributed by atoms with Crippen LogP contribution in [-0.2, 0) is 0 Å². The predicted octanol–water partition coefficient (Wildman–Crippen LogP) is 4.97. The van der Waals surface area contributed by atoms with Crippen LogP contribution in [0.15, 0.2) is 66.7 Å². The van der Waals surface area contributed by atoms with Gasteiger partial charge in [0, 0.05) is 0 Å². The second-order valence-corrected chi connectivity index (χ2v) is 5.49. The van der Waals surface area contributed by atoms with E-state index in [-0.39, 0.29) is 0 Å². The molecule has 0 bridgehead atoms. The van der Waals surface area contributed by atoms with Crippen molar-refractivity contribution in [3.05, 3.63) is 101 Å². The molecule has 6 heteroatoms. The molecule has 3 aromatic carbocycles. The quantitative estimate of drug-likeness (QED) is 0.655. The van der Waals surface area contributed by atoms with Gasteiger partial charge in [-0.3, -0.25) is 0 Å². The monoisotopic (exact) mass is 358 g/mol. The summed E-state index contributed by atoms with van der Waals surface area (Å²) in [4.78, 5) is 11.1. The molecule has 0 spiro atoms. The van der Waals surface area contributed by atoms with E-state index in [2.05, 4.69) is 0 Å². The van der Waals surface area contributed by atoms with Crippen LogP contribution in [-0.4, -0.2) is 11.1 Å². The van der Waals surface area contributed by atoms with Gasteiger partial charge in [0.1, 0.15) is 11.7 Å². The smallest absolute Gasteiger partial charge is 0.338 e. The van der Waals surface area contributed by atoms with Crippen LogP contribution in [0.1, 0.15) is 27.6 Å². The minimum Gasteiger partial charge on any atom is -0.478 e. The number of ether oxygens (including phenoxy) is 1. The molecule has 3 rings (SSSR count). The van der Waals surface area contributed by atoms with E-state index >= 15 is 0 Å². The van der Waals surface area contributed by atoms with Crippen molar-refractivity contribution < 1.29 is 27.8 Å². The van der Waals surface area contributed by atoms with Gasteiger partial charge in [0.25, 0.3) is 0 Å². The van der Waals surface area contributed by atoms with Crippen molar-refractivity contribution in [1.29, 1.82) is 0 Å². The van der Waals surface area contributed by atoms with Crippen molar-refractivity contribution in [3.63, 3.8) is 0 Å². The second kappa shape index (κ2) is 7.31. The first-order valence-electron chi connectivity index (χ1n) is 7.66. The number of rotatable bonds is 5. The summed E-state index contributed by atoms with van der Waals surface area (Å²) in [6, 6.07) is 17.4. The fourth-order valence-corrected chi connectivity index (χ4v) is 2.54. The van der Waals surface area contributed by atoms with Crippen LogP contribution in [0.2, 0.25) is 0 Å². The van der Waals surface area contributed by atoms with E-state index in [1.54, 1.807) is 60.7 Å². The summed E-state index contributed by atoms with van der Waals surface area (Å²) < 4.78 is 47.8. The average molecular weight is 358 g/mol. The van der Waals surface area contributed by atoms with Crippen molar-refractivity contribution in [2.75, 3.05) is 0 Å². The molecule has 0 amide bonds. The van der Waals surface area contributed by atoms with E-state index in [1.807, 2.05) is 0 Å². The Morgan fingerprint density at radius 3 is 1.81 bits per heavy atom. The van der Waals surface area contributed by atoms with E-state index in [0.717, 1.165) is 0 Å². The lowest BCUT2D eigenvalue weighted by Crippen LogP contribution is -2.14. The molecule has 0 atom stereocenters. The Labute approximate surface area is 147 Å². The van der Waals surface area contributed by atoms with Crippen LogP contribution in [0.5, 0.6) is 5.75 Å². The highest BCUT2D eigenvalue weighted by Gasteiger charge is 2.27. The molecule has 0 saturated heterocycles. The summed E-state index contributed by atoms with van der Waals surface area (Å²) in [6.07, 6.45) is -0.954. The molecular formula is C20H13F3O3. The molecule has 0 heterocycles. The van der Waals surface area contributed by atoms with E-state index in [4.69, 9.17) is 9.84 Å². The first-order chi connectivity index (χ1) is 12.5. The fraction of sp³-hybridized carbons (Fsp3) is 0.0500. The van der Waals surface area contributed by atoms with Crippen molar-refractivity contribution >= 4 is 5.97 Å². The third kappa shape index (κ3) is 3.39. The molecular weight excluding hydrogens is 345 g/mol. The molecule has 0 radical (unpaired) electrons. The van der Waals surface area contributed by atoms with Gasteiger partial charge in [0.15, 0.2) is 17.4 Å². The normalized spacial score (nSPS) is 10.8. The molecule has 26 heavy (non-hydrogen) atoms. The van der Waals surface area contributed by atoms with Crippen LogP contribution < -0.4 is 4.74 Å². The third-order valence-corrected chi connectivity index (χ3v) is 3.79. The van der Waals surface area contributed by atoms with Crippen LogP contribution in [0, 0.1) is 17.5 Å². The Balaban J connectivity index is 2.13. The molecule has 0 aromatic heterocycles. The predicted molar refractivity (Wildman–Crippen MR) is 88.6 cm³/mol. The minimum atomic E-state index is -1.72. The zero-order chi connectivity index (χ0) is 18.7. The number of carboxylic acids is 1. The van der Waals surface area contributed by atoms with E-state index in [1.165, 1.54) is 0 Å². The SMILES string of the molecule is O=C(O)c1cc(F)c(F)c(OC(c2ccccc2)c2ccccc2)c1F. The number of carboxylic acid groups (broad SMARTS) is 1. The summed E-state index contributed by atoms with van der Waals surface area (Å²) >= 11 is 0. The average Bonchev–Trinajstić information content (AvgIpc) is 2.66. The Morgan fingerprint density at radius 2 is 1.35 bits per heavy atom. The van der Waals surface area contributed by atoms with Crippen LogP contribution in [0.4, 0.5) is 13.2 Å². The molecule has 0 saturated carbocycles. The van der Waals surface area contributed by atoms with Crippen LogP contribution in [0.3, 0.4) is 0 Å². The van der Waals surface area contributed by atoms with Gasteiger partial charge in [-0.25, -0.2) is 13.6 Å². The number of halogens is 3. The Hall–Kier alpha value is -3.28. The third-order valence-electron chi connectivity index (χ3n) is 3.79. The van der Waals surface area contributed by atoms with Gasteiger partial charge >= 0.3 is 5.97 Å². The van der Waals surface area contributed by atoms with Gasteiger partial charge < -0.3 is 9.84 Å². The summed E-state index contributed by atoms with van der Waals surface area (Å²) in [5.74, 6) is -7.33. The van der Waals surface area contributed by atoms with Crippen molar-refractivity contribution in [2.45, 2.75) is 6.10 Å². The van der Waals surface area contributed by atoms with Gasteiger partial charge in [-0.05, 0) is 17.2 Å². The molecule has 0 unspecified atom stereocenters. The van der Waals surface area contributed by atoms with Gasteiger partial charge in [-0.15, -0.1) is 0 Å². The molecule has 3 nitrogen and oxygen atoms in total. The Morgan fingerprint density at radius 1 is 0.846 bits per heavy atom. The van der Waals surface area contributed by atoms with E-state index in [0.29, 0.717) is 17.2 Å². The first-order valence-corrected chi connectivity index (χ1v) is 7.66. The highest BCUT2D eigenvalue weighted by atomic mass is 19.2. The summed E-state index contributed by atoms with van der Waals surface area (Å²) in [5, 5.41) is 8.99. The Bertz CT molecular complexity index is 889. The Kier molecular flexibility index (Phi) is 4.93. The van der Waals surface area contributed by atoms with Gasteiger partial charge in [0.2, 0.25) is 5.82 Å². The fourth-order valence-electron chi connectivity index (χ4n) is 2.54. The molecule has 1 N–H and O–H groups in total. The van der Waals surface area contributed by atoms with Gasteiger partial charge in [-0.2, -0.15) is 4.39 Å². The van der Waals surface area contributed by atoms with Crippen LogP contribution in [0.25, 0.3) is 0 Å². The van der Waals surface area contributed by atoms with Gasteiger partial charge in [0.05, 0.1) is 0 Å². The number of aromatic carboxylic acids is 1. The minimum absolute atomic E-state index is 0.292. The molecule has 0 aliphatic heterocycles.